The molecule has 8 rings (SSSR count). The number of rotatable bonds is 21. The maximum absolute atomic E-state index is 15.8. The van der Waals surface area contributed by atoms with Crippen LogP contribution in [0.3, 0.4) is 0 Å². The molecule has 12 heteroatoms. The molecular formula is C72H98O12. The summed E-state index contributed by atoms with van der Waals surface area (Å²) in [5, 5.41) is 50.8. The molecule has 8 aliphatic rings. The number of carbonyl (C=O) groups is 6. The summed E-state index contributed by atoms with van der Waals surface area (Å²) in [4.78, 5) is 85.8. The second-order valence-electron chi connectivity index (χ2n) is 28.4. The van der Waals surface area contributed by atoms with Crippen molar-refractivity contribution in [1.82, 2.24) is 0 Å². The van der Waals surface area contributed by atoms with Gasteiger partial charge in [-0.25, -0.2) is 9.59 Å². The van der Waals surface area contributed by atoms with Crippen molar-refractivity contribution in [3.05, 3.63) is 117 Å². The summed E-state index contributed by atoms with van der Waals surface area (Å²) >= 11 is 0. The first kappa shape index (κ1) is 64.8. The van der Waals surface area contributed by atoms with Crippen LogP contribution in [0.5, 0.6) is 0 Å². The highest BCUT2D eigenvalue weighted by Crippen LogP contribution is 2.70. The van der Waals surface area contributed by atoms with Crippen LogP contribution in [0.25, 0.3) is 0 Å². The molecule has 8 aliphatic carbocycles. The molecule has 6 saturated carbocycles. The summed E-state index contributed by atoms with van der Waals surface area (Å²) in [5.74, 6) is -5.05. The van der Waals surface area contributed by atoms with Crippen molar-refractivity contribution in [2.75, 3.05) is 6.61 Å². The monoisotopic (exact) mass is 1150 g/mol. The number of ether oxygens (including phenoxy) is 2. The van der Waals surface area contributed by atoms with E-state index in [2.05, 4.69) is 72.8 Å². The summed E-state index contributed by atoms with van der Waals surface area (Å²) in [6.45, 7) is 23.0. The van der Waals surface area contributed by atoms with Gasteiger partial charge in [0.25, 0.3) is 0 Å². The minimum Gasteiger partial charge on any atom is -0.454 e. The van der Waals surface area contributed by atoms with Crippen LogP contribution in [0, 0.1) is 57.2 Å². The molecular weight excluding hydrogens is 1060 g/mol. The average Bonchev–Trinajstić information content (AvgIpc) is 1.42. The molecule has 5 unspecified atom stereocenters. The number of carbonyl (C=O) groups excluding carboxylic acids is 6. The SMILES string of the molecule is CC(C)=CCCC(C)=CCCC(C)=CC(=O)OCC(=O)[C@@]1(OC(=O)C(=C(C)CCC=C(C)CCC=C(C)C)C(O)C(=O)[C@]2(O)CCC3C4CCC5=CC(=O)C=C[C@]5(C)C4[C@H](O)C[C@@]32C)CC[C@H]2[C@@H]3CCC4=CC(=O)C=C[C@]4(C)[C@H]3C(O)C[C@@]21C. The van der Waals surface area contributed by atoms with E-state index < -0.39 is 81.3 Å². The molecule has 0 aromatic heterocycles. The molecule has 15 atom stereocenters. The standard InChI is InChI=1S/C72H98O12/c1-43(2)17-13-19-45(5)21-15-23-47(7)37-60(78)83-42-59(77)72(36-32-56-54-28-26-50-39-52(74)30-34-68(50,10)63(54)58(76)41-70(56,72)12)84-66(81)61(48(8)24-16-22-46(6)20-14-18-44(3)4)64(79)65(80)71(82)35-31-55-53-27-25-49-38-51(73)29-33-67(49,9)62(53)57(75)40-69(55,71)11/h17-18,21-22,29-30,33-34,37-39,53-58,62-64,75-76,79,82H,13-16,19-20,23-28,31-32,35-36,40-42H2,1-12H3/t53?,54-,55?,56-,57+,58?,62?,63+,64?,67-,68-,69-,70-,71+,72-/m0/s1. The quantitative estimate of drug-likeness (QED) is 0.0482. The Morgan fingerprint density at radius 2 is 1.10 bits per heavy atom. The summed E-state index contributed by atoms with van der Waals surface area (Å²) in [5.41, 5.74) is -0.327. The van der Waals surface area contributed by atoms with Crippen molar-refractivity contribution in [1.29, 1.82) is 0 Å². The van der Waals surface area contributed by atoms with E-state index >= 15 is 14.4 Å². The maximum Gasteiger partial charge on any atom is 0.338 e. The topological polar surface area (TPSA) is 202 Å². The number of allylic oxidation sites excluding steroid dienone is 18. The first-order valence-corrected chi connectivity index (χ1v) is 31.5. The molecule has 4 N–H and O–H groups in total. The maximum atomic E-state index is 15.8. The van der Waals surface area contributed by atoms with Crippen molar-refractivity contribution >= 4 is 35.1 Å². The van der Waals surface area contributed by atoms with Gasteiger partial charge >= 0.3 is 11.9 Å². The lowest BCUT2D eigenvalue weighted by Gasteiger charge is -2.60. The molecule has 0 heterocycles. The first-order chi connectivity index (χ1) is 39.5. The van der Waals surface area contributed by atoms with Gasteiger partial charge in [-0.15, -0.1) is 0 Å². The fraction of sp³-hybridized carbons (Fsp3) is 0.639. The van der Waals surface area contributed by atoms with E-state index in [0.29, 0.717) is 56.9 Å². The average molecular weight is 1160 g/mol. The molecule has 0 amide bonds. The van der Waals surface area contributed by atoms with E-state index in [1.165, 1.54) is 22.8 Å². The van der Waals surface area contributed by atoms with E-state index in [-0.39, 0.29) is 84.8 Å². The zero-order valence-electron chi connectivity index (χ0n) is 52.5. The highest BCUT2D eigenvalue weighted by Gasteiger charge is 2.72. The lowest BCUT2D eigenvalue weighted by Crippen LogP contribution is -2.64. The fourth-order valence-corrected chi connectivity index (χ4v) is 18.0. The molecule has 0 spiro atoms. The Morgan fingerprint density at radius 3 is 1.62 bits per heavy atom. The normalized spacial score (nSPS) is 36.7. The van der Waals surface area contributed by atoms with Crippen LogP contribution in [-0.2, 0) is 38.2 Å². The van der Waals surface area contributed by atoms with Crippen LogP contribution >= 0.6 is 0 Å². The van der Waals surface area contributed by atoms with Crippen LogP contribution in [0.1, 0.15) is 199 Å². The molecule has 0 saturated heterocycles. The van der Waals surface area contributed by atoms with Crippen molar-refractivity contribution in [2.24, 2.45) is 57.2 Å². The van der Waals surface area contributed by atoms with Gasteiger partial charge in [-0.05, 0) is 219 Å². The Labute approximate surface area is 500 Å². The number of hydrogen-bond donors (Lipinski definition) is 4. The van der Waals surface area contributed by atoms with E-state index in [1.54, 1.807) is 31.2 Å². The van der Waals surface area contributed by atoms with Gasteiger partial charge in [0.1, 0.15) is 11.7 Å². The number of ketones is 4. The Bertz CT molecular complexity index is 2960. The molecule has 0 bridgehead atoms. The summed E-state index contributed by atoms with van der Waals surface area (Å²) in [6.07, 6.45) is 25.1. The molecule has 0 aromatic rings. The lowest BCUT2D eigenvalue weighted by atomic mass is 9.46. The zero-order valence-corrected chi connectivity index (χ0v) is 52.5. The molecule has 0 aliphatic heterocycles. The van der Waals surface area contributed by atoms with E-state index in [0.717, 1.165) is 54.4 Å². The molecule has 0 aromatic carbocycles. The fourth-order valence-electron chi connectivity index (χ4n) is 18.0. The third-order valence-corrected chi connectivity index (χ3v) is 22.5. The zero-order chi connectivity index (χ0) is 61.5. The van der Waals surface area contributed by atoms with Crippen molar-refractivity contribution in [3.8, 4) is 0 Å². The molecule has 12 nitrogen and oxygen atoms in total. The van der Waals surface area contributed by atoms with Gasteiger partial charge in [-0.1, -0.05) is 109 Å². The van der Waals surface area contributed by atoms with Gasteiger partial charge in [0.2, 0.25) is 5.78 Å². The highest BCUT2D eigenvalue weighted by atomic mass is 16.6. The van der Waals surface area contributed by atoms with Crippen LogP contribution in [0.2, 0.25) is 0 Å². The molecule has 0 radical (unpaired) electrons. The summed E-state index contributed by atoms with van der Waals surface area (Å²) < 4.78 is 12.6. The summed E-state index contributed by atoms with van der Waals surface area (Å²) in [6, 6.07) is 0. The predicted octanol–water partition coefficient (Wildman–Crippen LogP) is 12.8. The van der Waals surface area contributed by atoms with Gasteiger partial charge in [0.15, 0.2) is 29.6 Å². The van der Waals surface area contributed by atoms with Crippen molar-refractivity contribution in [3.63, 3.8) is 0 Å². The number of Topliss-reactive ketones (excluding diaryl/α,β-unsaturated/α-hetero) is 2. The minimum atomic E-state index is -2.20. The van der Waals surface area contributed by atoms with Crippen LogP contribution in [0.4, 0.5) is 0 Å². The largest absolute Gasteiger partial charge is 0.454 e. The molecule has 6 fully saturated rings. The number of aliphatic hydroxyl groups is 4. The number of aliphatic hydroxyl groups excluding tert-OH is 3. The van der Waals surface area contributed by atoms with Crippen LogP contribution in [0.15, 0.2) is 117 Å². The van der Waals surface area contributed by atoms with Gasteiger partial charge in [-0.3, -0.25) is 19.2 Å². The van der Waals surface area contributed by atoms with Crippen LogP contribution < -0.4 is 0 Å². The molecule has 458 valence electrons. The summed E-state index contributed by atoms with van der Waals surface area (Å²) in [7, 11) is 0. The second-order valence-corrected chi connectivity index (χ2v) is 28.4. The second kappa shape index (κ2) is 25.3. The lowest BCUT2D eigenvalue weighted by molar-refractivity contribution is -0.199. The van der Waals surface area contributed by atoms with Gasteiger partial charge in [0, 0.05) is 39.6 Å². The van der Waals surface area contributed by atoms with Gasteiger partial charge in [0.05, 0.1) is 17.8 Å². The Morgan fingerprint density at radius 1 is 0.631 bits per heavy atom. The molecule has 84 heavy (non-hydrogen) atoms. The van der Waals surface area contributed by atoms with Gasteiger partial charge < -0.3 is 29.9 Å². The van der Waals surface area contributed by atoms with Gasteiger partial charge in [-0.2, -0.15) is 0 Å². The van der Waals surface area contributed by atoms with E-state index in [4.69, 9.17) is 9.47 Å². The smallest absolute Gasteiger partial charge is 0.338 e. The Kier molecular flexibility index (Phi) is 19.5. The van der Waals surface area contributed by atoms with Crippen LogP contribution in [-0.4, -0.2) is 91.6 Å². The van der Waals surface area contributed by atoms with E-state index in [9.17, 15) is 34.8 Å². The Balaban J connectivity index is 1.13. The highest BCUT2D eigenvalue weighted by molar-refractivity contribution is 6.05. The third kappa shape index (κ3) is 12.1. The van der Waals surface area contributed by atoms with Crippen molar-refractivity contribution in [2.45, 2.75) is 228 Å². The minimum absolute atomic E-state index is 0.0153. The van der Waals surface area contributed by atoms with Crippen molar-refractivity contribution < 1.29 is 58.7 Å². The Hall–Kier alpha value is -5.14. The first-order valence-electron chi connectivity index (χ1n) is 31.5. The third-order valence-electron chi connectivity index (χ3n) is 22.5. The predicted molar refractivity (Wildman–Crippen MR) is 327 cm³/mol. The number of hydrogen-bond acceptors (Lipinski definition) is 12. The number of esters is 2. The van der Waals surface area contributed by atoms with E-state index in [1.807, 2.05) is 39.8 Å². The number of fused-ring (bicyclic) bond motifs is 10.